The smallest absolute Gasteiger partial charge is 0.334 e. The van der Waals surface area contributed by atoms with Crippen LogP contribution in [0, 0.1) is 17.8 Å². The van der Waals surface area contributed by atoms with Gasteiger partial charge in [0, 0.05) is 11.8 Å². The Bertz CT molecular complexity index is 489. The van der Waals surface area contributed by atoms with E-state index in [1.54, 1.807) is 0 Å². The van der Waals surface area contributed by atoms with Crippen molar-refractivity contribution < 1.29 is 19.1 Å². The number of hydrogen-bond donors (Lipinski definition) is 1. The molecule has 1 aliphatic carbocycles. The van der Waals surface area contributed by atoms with E-state index < -0.39 is 14.3 Å². The molecule has 2 aliphatic rings. The molecule has 0 saturated heterocycles. The van der Waals surface area contributed by atoms with Gasteiger partial charge < -0.3 is 14.3 Å². The number of ether oxygens (including phenoxy) is 1. The zero-order valence-electron chi connectivity index (χ0n) is 14.3. The van der Waals surface area contributed by atoms with Gasteiger partial charge in [-0.05, 0) is 36.9 Å². The third-order valence-corrected chi connectivity index (χ3v) is 10.0. The van der Waals surface area contributed by atoms with Crippen LogP contribution in [0.3, 0.4) is 0 Å². The Balaban J connectivity index is 2.29. The maximum atomic E-state index is 11.4. The summed E-state index contributed by atoms with van der Waals surface area (Å²) in [7, 11) is -1.98. The van der Waals surface area contributed by atoms with E-state index in [1.807, 2.05) is 6.08 Å². The Kier molecular flexibility index (Phi) is 4.60. The monoisotopic (exact) mass is 324 g/mol. The second-order valence-corrected chi connectivity index (χ2v) is 12.7. The van der Waals surface area contributed by atoms with E-state index in [-0.39, 0.29) is 29.1 Å². The lowest BCUT2D eigenvalue weighted by Gasteiger charge is -2.43. The Hall–Kier alpha value is -1.07. The molecule has 4 atom stereocenters. The topological polar surface area (TPSA) is 55.8 Å². The summed E-state index contributed by atoms with van der Waals surface area (Å²) in [5.41, 5.74) is 0.379. The van der Waals surface area contributed by atoms with E-state index in [9.17, 15) is 9.90 Å². The predicted octanol–water partition coefficient (Wildman–Crippen LogP) is 4.16. The van der Waals surface area contributed by atoms with Crippen molar-refractivity contribution in [3.05, 3.63) is 24.5 Å². The molecule has 1 fully saturated rings. The van der Waals surface area contributed by atoms with Crippen LogP contribution in [0.2, 0.25) is 18.1 Å². The summed E-state index contributed by atoms with van der Waals surface area (Å²) in [6.45, 7) is 14.9. The highest BCUT2D eigenvalue weighted by Crippen LogP contribution is 2.49. The van der Waals surface area contributed by atoms with Crippen LogP contribution in [0.4, 0.5) is 0 Å². The molecular formula is C17H28O4Si. The van der Waals surface area contributed by atoms with Crippen LogP contribution in [0.1, 0.15) is 33.6 Å². The third-order valence-electron chi connectivity index (χ3n) is 5.58. The fourth-order valence-corrected chi connectivity index (χ4v) is 4.33. The summed E-state index contributed by atoms with van der Waals surface area (Å²) >= 11 is 0. The molecule has 124 valence electrons. The quantitative estimate of drug-likeness (QED) is 0.623. The van der Waals surface area contributed by atoms with Crippen LogP contribution in [0.15, 0.2) is 24.5 Å². The van der Waals surface area contributed by atoms with E-state index in [0.29, 0.717) is 5.57 Å². The van der Waals surface area contributed by atoms with Crippen molar-refractivity contribution >= 4 is 14.3 Å². The van der Waals surface area contributed by atoms with Gasteiger partial charge in [-0.1, -0.05) is 26.8 Å². The molecule has 1 aliphatic heterocycles. The molecule has 5 heteroatoms. The van der Waals surface area contributed by atoms with Crippen molar-refractivity contribution in [1.82, 2.24) is 0 Å². The minimum absolute atomic E-state index is 0.00372. The minimum atomic E-state index is -1.98. The number of aliphatic carboxylic acids is 1. The van der Waals surface area contributed by atoms with E-state index in [4.69, 9.17) is 9.16 Å². The average molecular weight is 324 g/mol. The first kappa shape index (κ1) is 17.3. The summed E-state index contributed by atoms with van der Waals surface area (Å²) in [4.78, 5) is 11.4. The number of allylic oxidation sites excluding steroid dienone is 1. The molecule has 0 aromatic heterocycles. The average Bonchev–Trinajstić information content (AvgIpc) is 2.81. The highest BCUT2D eigenvalue weighted by Gasteiger charge is 2.50. The third kappa shape index (κ3) is 3.01. The van der Waals surface area contributed by atoms with Crippen LogP contribution in [-0.2, 0) is 14.0 Å². The fourth-order valence-electron chi connectivity index (χ4n) is 3.19. The summed E-state index contributed by atoms with van der Waals surface area (Å²) in [5.74, 6) is -0.569. The summed E-state index contributed by atoms with van der Waals surface area (Å²) < 4.78 is 12.2. The first-order valence-electron chi connectivity index (χ1n) is 7.97. The number of rotatable bonds is 4. The van der Waals surface area contributed by atoms with Crippen molar-refractivity contribution in [1.29, 1.82) is 0 Å². The van der Waals surface area contributed by atoms with Crippen molar-refractivity contribution in [3.63, 3.8) is 0 Å². The van der Waals surface area contributed by atoms with E-state index >= 15 is 0 Å². The zero-order valence-corrected chi connectivity index (χ0v) is 15.3. The molecule has 1 N–H and O–H groups in total. The number of carboxylic acid groups (broad SMARTS) is 1. The Labute approximate surface area is 134 Å². The van der Waals surface area contributed by atoms with Gasteiger partial charge in [0.05, 0.1) is 11.8 Å². The zero-order chi connectivity index (χ0) is 16.7. The van der Waals surface area contributed by atoms with Crippen LogP contribution in [0.5, 0.6) is 0 Å². The number of carbonyl (C=O) groups is 1. The molecule has 0 amide bonds. The lowest BCUT2D eigenvalue weighted by Crippen LogP contribution is -2.49. The van der Waals surface area contributed by atoms with Gasteiger partial charge in [0.25, 0.3) is 0 Å². The van der Waals surface area contributed by atoms with Gasteiger partial charge in [-0.2, -0.15) is 0 Å². The lowest BCUT2D eigenvalue weighted by atomic mass is 9.83. The Morgan fingerprint density at radius 3 is 2.59 bits per heavy atom. The minimum Gasteiger partial charge on any atom is -0.478 e. The van der Waals surface area contributed by atoms with Crippen molar-refractivity contribution in [2.24, 2.45) is 17.8 Å². The standard InChI is InChI=1S/C17H28O4Si/c1-7-11-8-9-12-13(15(18)19)10-20-16(14(11)12)21-22(5,6)17(2,3)4/h7,10-12,14,16H,1,8-9H2,2-6H3,(H,18,19). The molecule has 0 radical (unpaired) electrons. The highest BCUT2D eigenvalue weighted by molar-refractivity contribution is 6.74. The molecule has 0 bridgehead atoms. The van der Waals surface area contributed by atoms with E-state index in [1.165, 1.54) is 6.26 Å². The van der Waals surface area contributed by atoms with Crippen LogP contribution < -0.4 is 0 Å². The van der Waals surface area contributed by atoms with Gasteiger partial charge in [0.1, 0.15) is 0 Å². The molecule has 0 aromatic carbocycles. The van der Waals surface area contributed by atoms with Gasteiger partial charge in [0.2, 0.25) is 0 Å². The number of hydrogen-bond acceptors (Lipinski definition) is 3. The van der Waals surface area contributed by atoms with Gasteiger partial charge in [-0.15, -0.1) is 6.58 Å². The summed E-state index contributed by atoms with van der Waals surface area (Å²) in [5, 5.41) is 9.47. The molecule has 4 nitrogen and oxygen atoms in total. The Morgan fingerprint density at radius 2 is 2.09 bits per heavy atom. The fraction of sp³-hybridized carbons (Fsp3) is 0.706. The van der Waals surface area contributed by atoms with Gasteiger partial charge >= 0.3 is 5.97 Å². The highest BCUT2D eigenvalue weighted by atomic mass is 28.4. The van der Waals surface area contributed by atoms with Crippen molar-refractivity contribution in [2.45, 2.75) is 58.0 Å². The Morgan fingerprint density at radius 1 is 1.45 bits per heavy atom. The first-order chi connectivity index (χ1) is 10.1. The van der Waals surface area contributed by atoms with Gasteiger partial charge in [-0.3, -0.25) is 0 Å². The molecule has 0 spiro atoms. The van der Waals surface area contributed by atoms with E-state index in [0.717, 1.165) is 12.8 Å². The number of fused-ring (bicyclic) bond motifs is 1. The molecule has 4 unspecified atom stereocenters. The van der Waals surface area contributed by atoms with Crippen LogP contribution in [0.25, 0.3) is 0 Å². The molecular weight excluding hydrogens is 296 g/mol. The second-order valence-electron chi connectivity index (χ2n) is 7.92. The molecule has 2 rings (SSSR count). The van der Waals surface area contributed by atoms with Crippen LogP contribution in [-0.4, -0.2) is 25.7 Å². The van der Waals surface area contributed by atoms with Crippen LogP contribution >= 0.6 is 0 Å². The van der Waals surface area contributed by atoms with Crippen molar-refractivity contribution in [3.8, 4) is 0 Å². The van der Waals surface area contributed by atoms with Gasteiger partial charge in [-0.25, -0.2) is 4.79 Å². The summed E-state index contributed by atoms with van der Waals surface area (Å²) in [6.07, 6.45) is 4.79. The maximum absolute atomic E-state index is 11.4. The number of carboxylic acids is 1. The van der Waals surface area contributed by atoms with Gasteiger partial charge in [0.15, 0.2) is 14.6 Å². The maximum Gasteiger partial charge on any atom is 0.334 e. The SMILES string of the molecule is C=CC1CCC2C(C(=O)O)=COC(O[Si](C)(C)C(C)(C)C)C12. The largest absolute Gasteiger partial charge is 0.478 e. The lowest BCUT2D eigenvalue weighted by molar-refractivity contribution is -0.139. The second kappa shape index (κ2) is 5.85. The molecule has 22 heavy (non-hydrogen) atoms. The summed E-state index contributed by atoms with van der Waals surface area (Å²) in [6, 6.07) is 0. The normalized spacial score (nSPS) is 32.0. The van der Waals surface area contributed by atoms with E-state index in [2.05, 4.69) is 40.4 Å². The first-order valence-corrected chi connectivity index (χ1v) is 10.9. The van der Waals surface area contributed by atoms with Crippen molar-refractivity contribution in [2.75, 3.05) is 0 Å². The predicted molar refractivity (Wildman–Crippen MR) is 88.8 cm³/mol. The molecule has 0 aromatic rings. The molecule has 1 saturated carbocycles. The molecule has 1 heterocycles.